The van der Waals surface area contributed by atoms with E-state index in [0.717, 1.165) is 17.0 Å². The first-order valence-electron chi connectivity index (χ1n) is 7.99. The van der Waals surface area contributed by atoms with Gasteiger partial charge in [0.25, 0.3) is 0 Å². The van der Waals surface area contributed by atoms with Crippen molar-refractivity contribution in [1.82, 2.24) is 5.32 Å². The summed E-state index contributed by atoms with van der Waals surface area (Å²) in [4.78, 5) is 11.8. The van der Waals surface area contributed by atoms with Gasteiger partial charge >= 0.3 is 6.03 Å². The van der Waals surface area contributed by atoms with Gasteiger partial charge < -0.3 is 15.4 Å². The molecule has 0 aliphatic rings. The number of amides is 2. The van der Waals surface area contributed by atoms with Crippen LogP contribution in [0.25, 0.3) is 0 Å². The molecule has 0 saturated heterocycles. The summed E-state index contributed by atoms with van der Waals surface area (Å²) in [6.07, 6.45) is 0. The van der Waals surface area contributed by atoms with Crippen molar-refractivity contribution in [3.05, 3.63) is 58.6 Å². The van der Waals surface area contributed by atoms with Crippen molar-refractivity contribution in [2.45, 2.75) is 26.7 Å². The molecule has 0 heterocycles. The van der Waals surface area contributed by atoms with Gasteiger partial charge in [-0.25, -0.2) is 4.79 Å². The Kier molecular flexibility index (Phi) is 6.50. The first kappa shape index (κ1) is 18.1. The van der Waals surface area contributed by atoms with Crippen LogP contribution < -0.4 is 15.4 Å². The molecule has 24 heavy (non-hydrogen) atoms. The summed E-state index contributed by atoms with van der Waals surface area (Å²) in [6, 6.07) is 13.1. The van der Waals surface area contributed by atoms with Gasteiger partial charge in [0, 0.05) is 10.7 Å². The number of anilines is 1. The Labute approximate surface area is 148 Å². The van der Waals surface area contributed by atoms with Crippen LogP contribution in [0, 0.1) is 6.92 Å². The van der Waals surface area contributed by atoms with Crippen LogP contribution in [-0.4, -0.2) is 19.2 Å². The lowest BCUT2D eigenvalue weighted by Crippen LogP contribution is -2.32. The Bertz CT molecular complexity index is 684. The van der Waals surface area contributed by atoms with Crippen LogP contribution in [0.15, 0.2) is 42.5 Å². The smallest absolute Gasteiger partial charge is 0.319 e. The highest BCUT2D eigenvalue weighted by molar-refractivity contribution is 6.31. The minimum absolute atomic E-state index is 0.247. The van der Waals surface area contributed by atoms with E-state index in [2.05, 4.69) is 24.5 Å². The van der Waals surface area contributed by atoms with Crippen LogP contribution in [-0.2, 0) is 0 Å². The van der Waals surface area contributed by atoms with Crippen LogP contribution in [0.4, 0.5) is 10.5 Å². The van der Waals surface area contributed by atoms with Gasteiger partial charge in [-0.05, 0) is 54.3 Å². The molecule has 0 saturated carbocycles. The van der Waals surface area contributed by atoms with Crippen LogP contribution >= 0.6 is 11.6 Å². The number of nitrogens with one attached hydrogen (secondary N) is 2. The molecule has 0 fully saturated rings. The molecular formula is C19H23ClN2O2. The summed E-state index contributed by atoms with van der Waals surface area (Å²) in [6.45, 7) is 7.00. The third-order valence-electron chi connectivity index (χ3n) is 3.62. The van der Waals surface area contributed by atoms with E-state index < -0.39 is 0 Å². The molecule has 0 radical (unpaired) electrons. The fraction of sp³-hybridized carbons (Fsp3) is 0.316. The monoisotopic (exact) mass is 346 g/mol. The van der Waals surface area contributed by atoms with Crippen LogP contribution in [0.1, 0.15) is 30.9 Å². The Morgan fingerprint density at radius 1 is 1.17 bits per heavy atom. The summed E-state index contributed by atoms with van der Waals surface area (Å²) < 4.78 is 5.58. The number of hydrogen-bond donors (Lipinski definition) is 2. The van der Waals surface area contributed by atoms with Crippen molar-refractivity contribution in [3.63, 3.8) is 0 Å². The normalized spacial score (nSPS) is 10.5. The summed E-state index contributed by atoms with van der Waals surface area (Å²) >= 11 is 5.97. The number of carbonyl (C=O) groups is 1. The molecule has 0 aromatic heterocycles. The van der Waals surface area contributed by atoms with Crippen LogP contribution in [0.3, 0.4) is 0 Å². The molecule has 0 aliphatic heterocycles. The highest BCUT2D eigenvalue weighted by atomic mass is 35.5. The van der Waals surface area contributed by atoms with Crippen LogP contribution in [0.2, 0.25) is 5.02 Å². The number of benzene rings is 2. The third kappa shape index (κ3) is 5.46. The SMILES string of the molecule is Cc1cc(OCCNC(=O)Nc2ccc(C(C)C)cc2)ccc1Cl. The van der Waals surface area contributed by atoms with Crippen LogP contribution in [0.5, 0.6) is 5.75 Å². The summed E-state index contributed by atoms with van der Waals surface area (Å²) in [5.74, 6) is 1.21. The zero-order valence-corrected chi connectivity index (χ0v) is 15.0. The molecule has 2 aromatic carbocycles. The summed E-state index contributed by atoms with van der Waals surface area (Å²) in [7, 11) is 0. The number of hydrogen-bond acceptors (Lipinski definition) is 2. The van der Waals surface area contributed by atoms with Gasteiger partial charge in [0.1, 0.15) is 12.4 Å². The maximum absolute atomic E-state index is 11.8. The second kappa shape index (κ2) is 8.60. The Morgan fingerprint density at radius 3 is 2.50 bits per heavy atom. The lowest BCUT2D eigenvalue weighted by atomic mass is 10.0. The largest absolute Gasteiger partial charge is 0.492 e. The molecule has 2 aromatic rings. The molecular weight excluding hydrogens is 324 g/mol. The average molecular weight is 347 g/mol. The lowest BCUT2D eigenvalue weighted by Gasteiger charge is -2.11. The molecule has 0 aliphatic carbocycles. The average Bonchev–Trinajstić information content (AvgIpc) is 2.55. The van der Waals surface area contributed by atoms with E-state index >= 15 is 0 Å². The van der Waals surface area contributed by atoms with Gasteiger partial charge in [-0.1, -0.05) is 37.6 Å². The van der Waals surface area contributed by atoms with Crippen molar-refractivity contribution in [3.8, 4) is 5.75 Å². The Morgan fingerprint density at radius 2 is 1.88 bits per heavy atom. The summed E-state index contributed by atoms with van der Waals surface area (Å²) in [5.41, 5.74) is 2.98. The van der Waals surface area contributed by atoms with Gasteiger partial charge in [0.2, 0.25) is 0 Å². The molecule has 4 nitrogen and oxygen atoms in total. The van der Waals surface area contributed by atoms with Crippen molar-refractivity contribution in [1.29, 1.82) is 0 Å². The molecule has 0 atom stereocenters. The second-order valence-corrected chi connectivity index (χ2v) is 6.32. The van der Waals surface area contributed by atoms with Crippen molar-refractivity contribution in [2.75, 3.05) is 18.5 Å². The van der Waals surface area contributed by atoms with E-state index in [1.54, 1.807) is 6.07 Å². The van der Waals surface area contributed by atoms with Gasteiger partial charge in [-0.3, -0.25) is 0 Å². The topological polar surface area (TPSA) is 50.4 Å². The second-order valence-electron chi connectivity index (χ2n) is 5.92. The van der Waals surface area contributed by atoms with Gasteiger partial charge in [-0.15, -0.1) is 0 Å². The molecule has 5 heteroatoms. The number of aryl methyl sites for hydroxylation is 1. The first-order chi connectivity index (χ1) is 11.5. The van der Waals surface area contributed by atoms with Gasteiger partial charge in [-0.2, -0.15) is 0 Å². The van der Waals surface area contributed by atoms with Crippen molar-refractivity contribution in [2.24, 2.45) is 0 Å². The first-order valence-corrected chi connectivity index (χ1v) is 8.37. The Hall–Kier alpha value is -2.20. The lowest BCUT2D eigenvalue weighted by molar-refractivity contribution is 0.247. The van der Waals surface area contributed by atoms with Gasteiger partial charge in [0.05, 0.1) is 6.54 Å². The maximum Gasteiger partial charge on any atom is 0.319 e. The fourth-order valence-electron chi connectivity index (χ4n) is 2.17. The fourth-order valence-corrected chi connectivity index (χ4v) is 2.28. The predicted molar refractivity (Wildman–Crippen MR) is 99.2 cm³/mol. The minimum atomic E-state index is -0.247. The van der Waals surface area contributed by atoms with Crippen molar-refractivity contribution < 1.29 is 9.53 Å². The molecule has 2 rings (SSSR count). The van der Waals surface area contributed by atoms with E-state index in [1.807, 2.05) is 43.3 Å². The molecule has 0 bridgehead atoms. The number of urea groups is 1. The number of halogens is 1. The zero-order chi connectivity index (χ0) is 17.5. The zero-order valence-electron chi connectivity index (χ0n) is 14.2. The summed E-state index contributed by atoms with van der Waals surface area (Å²) in [5, 5.41) is 6.28. The number of ether oxygens (including phenoxy) is 1. The highest BCUT2D eigenvalue weighted by Crippen LogP contribution is 2.21. The third-order valence-corrected chi connectivity index (χ3v) is 4.05. The Balaban J connectivity index is 1.72. The predicted octanol–water partition coefficient (Wildman–Crippen LogP) is 4.97. The molecule has 2 amide bonds. The molecule has 2 N–H and O–H groups in total. The maximum atomic E-state index is 11.8. The van der Waals surface area contributed by atoms with E-state index in [0.29, 0.717) is 24.1 Å². The van der Waals surface area contributed by atoms with Gasteiger partial charge in [0.15, 0.2) is 0 Å². The number of carbonyl (C=O) groups excluding carboxylic acids is 1. The molecule has 0 spiro atoms. The highest BCUT2D eigenvalue weighted by Gasteiger charge is 2.03. The van der Waals surface area contributed by atoms with E-state index in [-0.39, 0.29) is 6.03 Å². The number of rotatable bonds is 6. The minimum Gasteiger partial charge on any atom is -0.492 e. The van der Waals surface area contributed by atoms with E-state index in [9.17, 15) is 4.79 Å². The van der Waals surface area contributed by atoms with E-state index in [4.69, 9.17) is 16.3 Å². The standard InChI is InChI=1S/C19H23ClN2O2/c1-13(2)15-4-6-16(7-5-15)22-19(23)21-10-11-24-17-8-9-18(20)14(3)12-17/h4-9,12-13H,10-11H2,1-3H3,(H2,21,22,23). The quantitative estimate of drug-likeness (QED) is 0.725. The van der Waals surface area contributed by atoms with Crippen molar-refractivity contribution >= 4 is 23.3 Å². The molecule has 128 valence electrons. The molecule has 0 unspecified atom stereocenters. The van der Waals surface area contributed by atoms with E-state index in [1.165, 1.54) is 5.56 Å².